The van der Waals surface area contributed by atoms with Gasteiger partial charge in [-0.25, -0.2) is 0 Å². The second-order valence-electron chi connectivity index (χ2n) is 4.46. The van der Waals surface area contributed by atoms with Gasteiger partial charge in [0.1, 0.15) is 5.75 Å². The summed E-state index contributed by atoms with van der Waals surface area (Å²) in [4.78, 5) is 2.77. The van der Waals surface area contributed by atoms with Crippen molar-refractivity contribution in [3.63, 3.8) is 0 Å². The molecular formula is C14H20N2O2S. The van der Waals surface area contributed by atoms with Gasteiger partial charge in [-0.15, -0.1) is 0 Å². The lowest BCUT2D eigenvalue weighted by atomic mass is 10.0. The zero-order valence-corrected chi connectivity index (χ0v) is 12.0. The van der Waals surface area contributed by atoms with Gasteiger partial charge in [-0.05, 0) is 24.6 Å². The number of thiocarbonyl (C=S) groups is 1. The highest BCUT2D eigenvalue weighted by atomic mass is 32.1. The fourth-order valence-electron chi connectivity index (χ4n) is 2.30. The molecule has 1 atom stereocenters. The SMILES string of the molecule is CCOc1ccc(C(C(N)=S)N2CCOCC2)cc1. The normalized spacial score (nSPS) is 17.9. The second-order valence-corrected chi connectivity index (χ2v) is 4.93. The second kappa shape index (κ2) is 6.84. The third-order valence-corrected chi connectivity index (χ3v) is 3.41. The third kappa shape index (κ3) is 3.65. The molecule has 0 aromatic heterocycles. The van der Waals surface area contributed by atoms with E-state index in [0.29, 0.717) is 11.6 Å². The summed E-state index contributed by atoms with van der Waals surface area (Å²) in [6.07, 6.45) is 0. The summed E-state index contributed by atoms with van der Waals surface area (Å²) < 4.78 is 10.8. The predicted molar refractivity (Wildman–Crippen MR) is 79.5 cm³/mol. The Bertz CT molecular complexity index is 416. The molecule has 104 valence electrons. The Labute approximate surface area is 119 Å². The molecule has 1 unspecified atom stereocenters. The van der Waals surface area contributed by atoms with Crippen molar-refractivity contribution in [3.05, 3.63) is 29.8 Å². The molecule has 1 aromatic rings. The number of nitrogens with zero attached hydrogens (tertiary/aromatic N) is 1. The van der Waals surface area contributed by atoms with Crippen molar-refractivity contribution in [2.75, 3.05) is 32.9 Å². The Hall–Kier alpha value is -1.17. The smallest absolute Gasteiger partial charge is 0.119 e. The van der Waals surface area contributed by atoms with Crippen LogP contribution in [0.3, 0.4) is 0 Å². The molecular weight excluding hydrogens is 260 g/mol. The molecule has 1 heterocycles. The number of hydrogen-bond donors (Lipinski definition) is 1. The van der Waals surface area contributed by atoms with Crippen LogP contribution in [-0.4, -0.2) is 42.8 Å². The summed E-state index contributed by atoms with van der Waals surface area (Å²) in [7, 11) is 0. The molecule has 0 saturated carbocycles. The molecule has 5 heteroatoms. The van der Waals surface area contributed by atoms with Crippen LogP contribution in [0.25, 0.3) is 0 Å². The average molecular weight is 280 g/mol. The number of hydrogen-bond acceptors (Lipinski definition) is 4. The van der Waals surface area contributed by atoms with Gasteiger partial charge in [-0.3, -0.25) is 4.90 Å². The summed E-state index contributed by atoms with van der Waals surface area (Å²) in [5.41, 5.74) is 7.02. The van der Waals surface area contributed by atoms with Gasteiger partial charge < -0.3 is 15.2 Å². The fourth-order valence-corrected chi connectivity index (χ4v) is 2.59. The molecule has 1 fully saturated rings. The van der Waals surface area contributed by atoms with E-state index in [2.05, 4.69) is 4.90 Å². The van der Waals surface area contributed by atoms with Crippen LogP contribution in [0, 0.1) is 0 Å². The largest absolute Gasteiger partial charge is 0.494 e. The van der Waals surface area contributed by atoms with E-state index >= 15 is 0 Å². The first kappa shape index (κ1) is 14.2. The number of ether oxygens (including phenoxy) is 2. The van der Waals surface area contributed by atoms with Crippen LogP contribution in [0.4, 0.5) is 0 Å². The molecule has 2 N–H and O–H groups in total. The van der Waals surface area contributed by atoms with E-state index in [1.54, 1.807) is 0 Å². The van der Waals surface area contributed by atoms with Gasteiger partial charge >= 0.3 is 0 Å². The highest BCUT2D eigenvalue weighted by Crippen LogP contribution is 2.24. The number of morpholine rings is 1. The van der Waals surface area contributed by atoms with Crippen LogP contribution in [0.5, 0.6) is 5.75 Å². The summed E-state index contributed by atoms with van der Waals surface area (Å²) in [6.45, 7) is 5.82. The van der Waals surface area contributed by atoms with E-state index in [1.165, 1.54) is 0 Å². The van der Waals surface area contributed by atoms with Gasteiger partial charge in [0.05, 0.1) is 30.9 Å². The van der Waals surface area contributed by atoms with E-state index in [1.807, 2.05) is 31.2 Å². The molecule has 1 aliphatic heterocycles. The molecule has 0 spiro atoms. The summed E-state index contributed by atoms with van der Waals surface area (Å²) in [5, 5.41) is 0. The maximum atomic E-state index is 5.91. The Kier molecular flexibility index (Phi) is 5.13. The van der Waals surface area contributed by atoms with Crippen LogP contribution < -0.4 is 10.5 Å². The van der Waals surface area contributed by atoms with Gasteiger partial charge in [0.2, 0.25) is 0 Å². The van der Waals surface area contributed by atoms with Gasteiger partial charge in [-0.1, -0.05) is 24.4 Å². The van der Waals surface area contributed by atoms with Crippen molar-refractivity contribution < 1.29 is 9.47 Å². The zero-order valence-electron chi connectivity index (χ0n) is 11.2. The Morgan fingerprint density at radius 3 is 2.53 bits per heavy atom. The maximum Gasteiger partial charge on any atom is 0.119 e. The van der Waals surface area contributed by atoms with Gasteiger partial charge in [-0.2, -0.15) is 0 Å². The van der Waals surface area contributed by atoms with E-state index in [4.69, 9.17) is 27.4 Å². The van der Waals surface area contributed by atoms with Crippen molar-refractivity contribution in [2.24, 2.45) is 5.73 Å². The highest BCUT2D eigenvalue weighted by molar-refractivity contribution is 7.80. The number of nitrogens with two attached hydrogens (primary N) is 1. The first-order valence-electron chi connectivity index (χ1n) is 6.56. The first-order valence-corrected chi connectivity index (χ1v) is 6.97. The Morgan fingerprint density at radius 2 is 2.00 bits per heavy atom. The van der Waals surface area contributed by atoms with E-state index in [0.717, 1.165) is 37.6 Å². The quantitative estimate of drug-likeness (QED) is 0.833. The predicted octanol–water partition coefficient (Wildman–Crippen LogP) is 1.74. The lowest BCUT2D eigenvalue weighted by molar-refractivity contribution is 0.0289. The van der Waals surface area contributed by atoms with Crippen molar-refractivity contribution >= 4 is 17.2 Å². The average Bonchev–Trinajstić information content (AvgIpc) is 2.42. The minimum atomic E-state index is -0.0189. The molecule has 1 aromatic carbocycles. The van der Waals surface area contributed by atoms with Crippen LogP contribution >= 0.6 is 12.2 Å². The molecule has 4 nitrogen and oxygen atoms in total. The summed E-state index contributed by atoms with van der Waals surface area (Å²) in [6, 6.07) is 7.97. The van der Waals surface area contributed by atoms with Crippen LogP contribution in [0.1, 0.15) is 18.5 Å². The van der Waals surface area contributed by atoms with Crippen molar-refractivity contribution in [3.8, 4) is 5.75 Å². The standard InChI is InChI=1S/C14H20N2O2S/c1-2-18-12-5-3-11(4-6-12)13(14(15)19)16-7-9-17-10-8-16/h3-6,13H,2,7-10H2,1H3,(H2,15,19). The molecule has 0 amide bonds. The monoisotopic (exact) mass is 280 g/mol. The van der Waals surface area contributed by atoms with Crippen LogP contribution in [0.15, 0.2) is 24.3 Å². The topological polar surface area (TPSA) is 47.7 Å². The van der Waals surface area contributed by atoms with Crippen LogP contribution in [-0.2, 0) is 4.74 Å². The molecule has 2 rings (SSSR count). The van der Waals surface area contributed by atoms with Crippen molar-refractivity contribution in [1.82, 2.24) is 4.90 Å². The third-order valence-electron chi connectivity index (χ3n) is 3.19. The number of benzene rings is 1. The van der Waals surface area contributed by atoms with Crippen molar-refractivity contribution in [1.29, 1.82) is 0 Å². The lowest BCUT2D eigenvalue weighted by Gasteiger charge is -2.34. The molecule has 1 aliphatic rings. The molecule has 0 radical (unpaired) electrons. The fraction of sp³-hybridized carbons (Fsp3) is 0.500. The Balaban J connectivity index is 2.15. The minimum absolute atomic E-state index is 0.0189. The lowest BCUT2D eigenvalue weighted by Crippen LogP contribution is -2.43. The summed E-state index contributed by atoms with van der Waals surface area (Å²) in [5.74, 6) is 0.870. The zero-order chi connectivity index (χ0) is 13.7. The first-order chi connectivity index (χ1) is 9.22. The minimum Gasteiger partial charge on any atom is -0.494 e. The molecule has 0 aliphatic carbocycles. The molecule has 19 heavy (non-hydrogen) atoms. The summed E-state index contributed by atoms with van der Waals surface area (Å²) >= 11 is 5.23. The molecule has 0 bridgehead atoms. The highest BCUT2D eigenvalue weighted by Gasteiger charge is 2.24. The van der Waals surface area contributed by atoms with E-state index in [-0.39, 0.29) is 6.04 Å². The number of rotatable bonds is 5. The van der Waals surface area contributed by atoms with E-state index in [9.17, 15) is 0 Å². The van der Waals surface area contributed by atoms with Crippen molar-refractivity contribution in [2.45, 2.75) is 13.0 Å². The van der Waals surface area contributed by atoms with E-state index < -0.39 is 0 Å². The van der Waals surface area contributed by atoms with Gasteiger partial charge in [0.25, 0.3) is 0 Å². The molecule has 1 saturated heterocycles. The maximum absolute atomic E-state index is 5.91. The van der Waals surface area contributed by atoms with Gasteiger partial charge in [0, 0.05) is 13.1 Å². The van der Waals surface area contributed by atoms with Crippen LogP contribution in [0.2, 0.25) is 0 Å². The Morgan fingerprint density at radius 1 is 1.37 bits per heavy atom. The van der Waals surface area contributed by atoms with Gasteiger partial charge in [0.15, 0.2) is 0 Å².